The predicted molar refractivity (Wildman–Crippen MR) is 73.9 cm³/mol. The molecule has 0 aromatic heterocycles. The highest BCUT2D eigenvalue weighted by atomic mass is 16.5. The zero-order chi connectivity index (χ0) is 14.1. The second kappa shape index (κ2) is 8.77. The number of carbonyl (C=O) groups is 2. The van der Waals surface area contributed by atoms with E-state index in [1.54, 1.807) is 4.90 Å². The van der Waals surface area contributed by atoms with Gasteiger partial charge in [0, 0.05) is 19.6 Å². The van der Waals surface area contributed by atoms with Gasteiger partial charge in [-0.15, -0.1) is 0 Å². The molecule has 0 aliphatic carbocycles. The maximum absolute atomic E-state index is 11.7. The highest BCUT2D eigenvalue weighted by molar-refractivity contribution is 5.77. The molecular formula is C14H26N2O3. The second-order valence-corrected chi connectivity index (χ2v) is 4.98. The Morgan fingerprint density at radius 3 is 2.79 bits per heavy atom. The van der Waals surface area contributed by atoms with Gasteiger partial charge in [-0.3, -0.25) is 4.79 Å². The Kier molecular flexibility index (Phi) is 7.30. The quantitative estimate of drug-likeness (QED) is 0.516. The largest absolute Gasteiger partial charge is 0.462 e. The van der Waals surface area contributed by atoms with Crippen molar-refractivity contribution in [3.8, 4) is 0 Å². The molecule has 1 atom stereocenters. The lowest BCUT2D eigenvalue weighted by molar-refractivity contribution is -0.149. The highest BCUT2D eigenvalue weighted by Gasteiger charge is 2.21. The third-order valence-corrected chi connectivity index (χ3v) is 3.41. The number of esters is 1. The van der Waals surface area contributed by atoms with Crippen molar-refractivity contribution < 1.29 is 14.3 Å². The number of unbranched alkanes of at least 4 members (excludes halogenated alkanes) is 2. The van der Waals surface area contributed by atoms with Crippen molar-refractivity contribution in [2.45, 2.75) is 58.5 Å². The maximum Gasteiger partial charge on any atom is 0.317 e. The van der Waals surface area contributed by atoms with Gasteiger partial charge in [0.1, 0.15) is 6.10 Å². The van der Waals surface area contributed by atoms with Crippen LogP contribution in [0.2, 0.25) is 0 Å². The molecule has 1 unspecified atom stereocenters. The maximum atomic E-state index is 11.7. The molecule has 1 heterocycles. The molecule has 1 rings (SSSR count). The fraction of sp³-hybridized carbons (Fsp3) is 0.857. The molecule has 1 N–H and O–H groups in total. The van der Waals surface area contributed by atoms with E-state index in [1.165, 1.54) is 12.8 Å². The number of carbonyl (C=O) groups excluding carboxylic acids is 2. The number of nitrogens with one attached hydrogen (secondary N) is 1. The van der Waals surface area contributed by atoms with Crippen LogP contribution in [0.1, 0.15) is 52.4 Å². The van der Waals surface area contributed by atoms with Gasteiger partial charge < -0.3 is 15.0 Å². The van der Waals surface area contributed by atoms with Crippen LogP contribution in [-0.4, -0.2) is 42.6 Å². The Labute approximate surface area is 115 Å². The molecule has 1 aliphatic heterocycles. The fourth-order valence-electron chi connectivity index (χ4n) is 2.16. The summed E-state index contributed by atoms with van der Waals surface area (Å²) in [5.41, 5.74) is 0. The predicted octanol–water partition coefficient (Wildman–Crippen LogP) is 2.30. The van der Waals surface area contributed by atoms with E-state index in [1.807, 2.05) is 6.92 Å². The molecule has 0 spiro atoms. The molecule has 1 fully saturated rings. The Bertz CT molecular complexity index is 294. The van der Waals surface area contributed by atoms with E-state index >= 15 is 0 Å². The van der Waals surface area contributed by atoms with E-state index in [0.29, 0.717) is 19.6 Å². The SMILES string of the molecule is CCCCCC(CC)OC(=O)CCN1CCNC1=O. The molecule has 0 aromatic rings. The molecule has 1 saturated heterocycles. The van der Waals surface area contributed by atoms with Crippen molar-refractivity contribution in [2.24, 2.45) is 0 Å². The number of rotatable bonds is 9. The van der Waals surface area contributed by atoms with Gasteiger partial charge in [-0.05, 0) is 19.3 Å². The summed E-state index contributed by atoms with van der Waals surface area (Å²) in [6.45, 7) is 6.00. The average Bonchev–Trinajstić information content (AvgIpc) is 2.81. The summed E-state index contributed by atoms with van der Waals surface area (Å²) in [4.78, 5) is 24.7. The van der Waals surface area contributed by atoms with Crippen LogP contribution < -0.4 is 5.32 Å². The zero-order valence-corrected chi connectivity index (χ0v) is 12.1. The molecule has 110 valence electrons. The highest BCUT2D eigenvalue weighted by Crippen LogP contribution is 2.11. The number of hydrogen-bond donors (Lipinski definition) is 1. The zero-order valence-electron chi connectivity index (χ0n) is 12.1. The molecular weight excluding hydrogens is 244 g/mol. The summed E-state index contributed by atoms with van der Waals surface area (Å²) in [7, 11) is 0. The van der Waals surface area contributed by atoms with Gasteiger partial charge in [0.15, 0.2) is 0 Å². The summed E-state index contributed by atoms with van der Waals surface area (Å²) in [5, 5.41) is 2.71. The topological polar surface area (TPSA) is 58.6 Å². The molecule has 0 saturated carbocycles. The molecule has 1 aliphatic rings. The Morgan fingerprint density at radius 2 is 2.21 bits per heavy atom. The van der Waals surface area contributed by atoms with Crippen LogP contribution in [0, 0.1) is 0 Å². The first-order chi connectivity index (χ1) is 9.17. The minimum absolute atomic E-state index is 0.0338. The van der Waals surface area contributed by atoms with Crippen molar-refractivity contribution in [3.63, 3.8) is 0 Å². The standard InChI is InChI=1S/C14H26N2O3/c1-3-5-6-7-12(4-2)19-13(17)8-10-16-11-9-15-14(16)18/h12H,3-11H2,1-2H3,(H,15,18). The van der Waals surface area contributed by atoms with Crippen LogP contribution in [-0.2, 0) is 9.53 Å². The lowest BCUT2D eigenvalue weighted by Crippen LogP contribution is -2.31. The van der Waals surface area contributed by atoms with Crippen molar-refractivity contribution in [3.05, 3.63) is 0 Å². The van der Waals surface area contributed by atoms with Crippen molar-refractivity contribution in [1.29, 1.82) is 0 Å². The van der Waals surface area contributed by atoms with Gasteiger partial charge >= 0.3 is 12.0 Å². The van der Waals surface area contributed by atoms with E-state index in [0.717, 1.165) is 19.3 Å². The van der Waals surface area contributed by atoms with Crippen molar-refractivity contribution in [2.75, 3.05) is 19.6 Å². The summed E-state index contributed by atoms with van der Waals surface area (Å²) in [6, 6.07) is -0.0808. The van der Waals surface area contributed by atoms with Crippen LogP contribution in [0.15, 0.2) is 0 Å². The third-order valence-electron chi connectivity index (χ3n) is 3.41. The van der Waals surface area contributed by atoms with Crippen LogP contribution >= 0.6 is 0 Å². The molecule has 0 aromatic carbocycles. The summed E-state index contributed by atoms with van der Waals surface area (Å²) < 4.78 is 5.44. The number of amides is 2. The number of ether oxygens (including phenoxy) is 1. The Morgan fingerprint density at radius 1 is 1.42 bits per heavy atom. The number of urea groups is 1. The van der Waals surface area contributed by atoms with Crippen LogP contribution in [0.5, 0.6) is 0 Å². The smallest absolute Gasteiger partial charge is 0.317 e. The summed E-state index contributed by atoms with van der Waals surface area (Å²) in [6.07, 6.45) is 5.59. The monoisotopic (exact) mass is 270 g/mol. The lowest BCUT2D eigenvalue weighted by atomic mass is 10.1. The first-order valence-corrected chi connectivity index (χ1v) is 7.39. The Hall–Kier alpha value is -1.26. The van der Waals surface area contributed by atoms with Crippen molar-refractivity contribution in [1.82, 2.24) is 10.2 Å². The van der Waals surface area contributed by atoms with Gasteiger partial charge in [-0.25, -0.2) is 4.79 Å². The molecule has 2 amide bonds. The fourth-order valence-corrected chi connectivity index (χ4v) is 2.16. The van der Waals surface area contributed by atoms with E-state index in [9.17, 15) is 9.59 Å². The summed E-state index contributed by atoms with van der Waals surface area (Å²) in [5.74, 6) is -0.192. The normalized spacial score (nSPS) is 16.3. The number of hydrogen-bond acceptors (Lipinski definition) is 3. The van der Waals surface area contributed by atoms with E-state index in [-0.39, 0.29) is 24.5 Å². The molecule has 5 nitrogen and oxygen atoms in total. The van der Waals surface area contributed by atoms with Crippen LogP contribution in [0.25, 0.3) is 0 Å². The van der Waals surface area contributed by atoms with Gasteiger partial charge in [0.05, 0.1) is 6.42 Å². The lowest BCUT2D eigenvalue weighted by Gasteiger charge is -2.18. The van der Waals surface area contributed by atoms with Gasteiger partial charge in [0.2, 0.25) is 0 Å². The second-order valence-electron chi connectivity index (χ2n) is 4.98. The molecule has 19 heavy (non-hydrogen) atoms. The molecule has 0 radical (unpaired) electrons. The van der Waals surface area contributed by atoms with Crippen LogP contribution in [0.4, 0.5) is 4.79 Å². The molecule has 5 heteroatoms. The number of nitrogens with zero attached hydrogens (tertiary/aromatic N) is 1. The van der Waals surface area contributed by atoms with Crippen molar-refractivity contribution >= 4 is 12.0 Å². The Balaban J connectivity index is 2.19. The van der Waals surface area contributed by atoms with Gasteiger partial charge in [-0.1, -0.05) is 26.7 Å². The van der Waals surface area contributed by atoms with Gasteiger partial charge in [-0.2, -0.15) is 0 Å². The third kappa shape index (κ3) is 5.94. The minimum atomic E-state index is -0.192. The van der Waals surface area contributed by atoms with Gasteiger partial charge in [0.25, 0.3) is 0 Å². The average molecular weight is 270 g/mol. The first-order valence-electron chi connectivity index (χ1n) is 7.39. The van der Waals surface area contributed by atoms with Crippen LogP contribution in [0.3, 0.4) is 0 Å². The van der Waals surface area contributed by atoms with E-state index in [2.05, 4.69) is 12.2 Å². The van der Waals surface area contributed by atoms with E-state index in [4.69, 9.17) is 4.74 Å². The molecule has 0 bridgehead atoms. The summed E-state index contributed by atoms with van der Waals surface area (Å²) >= 11 is 0. The minimum Gasteiger partial charge on any atom is -0.462 e. The van der Waals surface area contributed by atoms with E-state index < -0.39 is 0 Å². The first kappa shape index (κ1) is 15.8.